The fourth-order valence-electron chi connectivity index (χ4n) is 0.144. The van der Waals surface area contributed by atoms with Crippen LogP contribution in [0, 0.1) is 0 Å². The van der Waals surface area contributed by atoms with E-state index in [2.05, 4.69) is 4.72 Å². The number of rotatable bonds is 2. The van der Waals surface area contributed by atoms with Crippen molar-refractivity contribution in [2.45, 2.75) is 20.8 Å². The van der Waals surface area contributed by atoms with E-state index in [0.717, 1.165) is 0 Å². The van der Waals surface area contributed by atoms with E-state index in [1.165, 1.54) is 7.05 Å². The predicted octanol–water partition coefficient (Wildman–Crippen LogP) is 1.92. The fourth-order valence-corrected chi connectivity index (χ4v) is 0.433. The van der Waals surface area contributed by atoms with Crippen LogP contribution in [0.4, 0.5) is 0 Å². The topological polar surface area (TPSA) is 52.5 Å². The summed E-state index contributed by atoms with van der Waals surface area (Å²) in [6.45, 7) is 5.71. The Bertz CT molecular complexity index is 52.9. The minimum absolute atomic E-state index is 0.378. The third-order valence-corrected chi connectivity index (χ3v) is 2.19. The van der Waals surface area contributed by atoms with Gasteiger partial charge in [-0.3, -0.25) is 9.11 Å². The highest BCUT2D eigenvalue weighted by Crippen LogP contribution is 2.30. The molecule has 9 heavy (non-hydrogen) atoms. The third kappa shape index (κ3) is 8.23. The van der Waals surface area contributed by atoms with Crippen LogP contribution in [-0.4, -0.2) is 21.9 Å². The highest BCUT2D eigenvalue weighted by atomic mass is 32.3. The van der Waals surface area contributed by atoms with Crippen LogP contribution >= 0.6 is 10.8 Å². The van der Waals surface area contributed by atoms with Crippen molar-refractivity contribution in [3.8, 4) is 0 Å². The van der Waals surface area contributed by atoms with Crippen molar-refractivity contribution < 1.29 is 9.11 Å². The largest absolute Gasteiger partial charge is 0.286 e. The van der Waals surface area contributed by atoms with Crippen LogP contribution in [0.2, 0.25) is 0 Å². The first-order chi connectivity index (χ1) is 4.12. The summed E-state index contributed by atoms with van der Waals surface area (Å²) in [4.78, 5) is 0. The van der Waals surface area contributed by atoms with E-state index in [1.807, 2.05) is 13.8 Å². The van der Waals surface area contributed by atoms with Gasteiger partial charge in [-0.25, -0.2) is 4.72 Å². The zero-order valence-electron chi connectivity index (χ0n) is 6.51. The first-order valence-electron chi connectivity index (χ1n) is 3.07. The standard InChI is InChI=1S/C3H11NO2S.C2H6/c1-3-7(5,6)4-2;1-2/h4-6H,3H2,1-2H3;1-2H3. The zero-order valence-corrected chi connectivity index (χ0v) is 7.33. The van der Waals surface area contributed by atoms with E-state index in [0.29, 0.717) is 5.75 Å². The molecule has 0 atom stereocenters. The van der Waals surface area contributed by atoms with Gasteiger partial charge in [0.25, 0.3) is 0 Å². The van der Waals surface area contributed by atoms with Crippen molar-refractivity contribution in [2.24, 2.45) is 0 Å². The minimum atomic E-state index is -2.41. The van der Waals surface area contributed by atoms with Crippen LogP contribution in [0.5, 0.6) is 0 Å². The molecule has 0 rings (SSSR count). The molecule has 3 N–H and O–H groups in total. The summed E-state index contributed by atoms with van der Waals surface area (Å²) < 4.78 is 19.7. The van der Waals surface area contributed by atoms with Gasteiger partial charge in [0.2, 0.25) is 0 Å². The summed E-state index contributed by atoms with van der Waals surface area (Å²) in [6.07, 6.45) is 0. The van der Waals surface area contributed by atoms with Crippen molar-refractivity contribution in [1.82, 2.24) is 4.72 Å². The number of hydrogen-bond acceptors (Lipinski definition) is 3. The molecule has 0 aliphatic heterocycles. The zero-order chi connectivity index (χ0) is 7.91. The molecule has 0 amide bonds. The molecule has 3 nitrogen and oxygen atoms in total. The Hall–Kier alpha value is 0.230. The first kappa shape index (κ1) is 12.0. The molecule has 0 saturated heterocycles. The second-order valence-electron chi connectivity index (χ2n) is 1.16. The molecule has 0 aliphatic carbocycles. The van der Waals surface area contributed by atoms with Gasteiger partial charge in [-0.1, -0.05) is 13.8 Å². The van der Waals surface area contributed by atoms with Gasteiger partial charge in [0.05, 0.1) is 0 Å². The molecule has 0 fully saturated rings. The Morgan fingerprint density at radius 2 is 1.67 bits per heavy atom. The molecule has 0 unspecified atom stereocenters. The van der Waals surface area contributed by atoms with Crippen molar-refractivity contribution in [3.63, 3.8) is 0 Å². The number of nitrogens with one attached hydrogen (secondary N) is 1. The SMILES string of the molecule is CC.CCS(O)(O)NC. The summed E-state index contributed by atoms with van der Waals surface area (Å²) in [5.41, 5.74) is 0. The monoisotopic (exact) mass is 155 g/mol. The van der Waals surface area contributed by atoms with Crippen LogP contribution < -0.4 is 4.72 Å². The molecule has 0 saturated carbocycles. The lowest BCUT2D eigenvalue weighted by molar-refractivity contribution is 0.478. The Labute approximate surface area is 59.0 Å². The highest BCUT2D eigenvalue weighted by Gasteiger charge is 2.00. The van der Waals surface area contributed by atoms with E-state index < -0.39 is 10.8 Å². The molecule has 0 bridgehead atoms. The quantitative estimate of drug-likeness (QED) is 0.571. The summed E-state index contributed by atoms with van der Waals surface area (Å²) in [6, 6.07) is 0. The van der Waals surface area contributed by atoms with Gasteiger partial charge in [0.15, 0.2) is 0 Å². The average Bonchev–Trinajstić information content (AvgIpc) is 1.93. The first-order valence-corrected chi connectivity index (χ1v) is 4.78. The van der Waals surface area contributed by atoms with Gasteiger partial charge >= 0.3 is 0 Å². The Morgan fingerprint density at radius 1 is 1.33 bits per heavy atom. The molecular weight excluding hydrogens is 138 g/mol. The van der Waals surface area contributed by atoms with Gasteiger partial charge < -0.3 is 0 Å². The lowest BCUT2D eigenvalue weighted by Gasteiger charge is -2.28. The summed E-state index contributed by atoms with van der Waals surface area (Å²) in [7, 11) is -0.881. The van der Waals surface area contributed by atoms with Crippen LogP contribution in [0.1, 0.15) is 20.8 Å². The second-order valence-corrected chi connectivity index (χ2v) is 3.48. The Kier molecular flexibility index (Phi) is 8.44. The average molecular weight is 155 g/mol. The molecule has 0 aromatic rings. The Morgan fingerprint density at radius 3 is 1.67 bits per heavy atom. The van der Waals surface area contributed by atoms with Gasteiger partial charge in [-0.2, -0.15) is 0 Å². The van der Waals surface area contributed by atoms with Crippen molar-refractivity contribution in [3.05, 3.63) is 0 Å². The van der Waals surface area contributed by atoms with Gasteiger partial charge in [-0.15, -0.1) is 10.8 Å². The van der Waals surface area contributed by atoms with Crippen molar-refractivity contribution >= 4 is 10.8 Å². The molecule has 0 aromatic heterocycles. The van der Waals surface area contributed by atoms with Gasteiger partial charge in [-0.05, 0) is 6.92 Å². The minimum Gasteiger partial charge on any atom is -0.286 e. The lowest BCUT2D eigenvalue weighted by atomic mass is 11.0. The smallest absolute Gasteiger partial charge is 0.0499 e. The second kappa shape index (κ2) is 6.35. The molecule has 0 heterocycles. The molecule has 0 aromatic carbocycles. The van der Waals surface area contributed by atoms with E-state index in [4.69, 9.17) is 9.11 Å². The van der Waals surface area contributed by atoms with Crippen molar-refractivity contribution in [2.75, 3.05) is 12.8 Å². The van der Waals surface area contributed by atoms with Crippen LogP contribution in [0.15, 0.2) is 0 Å². The van der Waals surface area contributed by atoms with E-state index in [1.54, 1.807) is 6.92 Å². The van der Waals surface area contributed by atoms with E-state index in [9.17, 15) is 0 Å². The molecule has 60 valence electrons. The third-order valence-electron chi connectivity index (χ3n) is 0.729. The van der Waals surface area contributed by atoms with Crippen LogP contribution in [-0.2, 0) is 0 Å². The molecule has 4 heteroatoms. The highest BCUT2D eigenvalue weighted by molar-refractivity contribution is 8.22. The fraction of sp³-hybridized carbons (Fsp3) is 1.00. The van der Waals surface area contributed by atoms with E-state index in [-0.39, 0.29) is 0 Å². The van der Waals surface area contributed by atoms with Crippen LogP contribution in [0.3, 0.4) is 0 Å². The Balaban J connectivity index is 0. The van der Waals surface area contributed by atoms with E-state index >= 15 is 0 Å². The van der Waals surface area contributed by atoms with Gasteiger partial charge in [0, 0.05) is 12.8 Å². The lowest BCUT2D eigenvalue weighted by Crippen LogP contribution is -2.15. The number of hydrogen-bond donors (Lipinski definition) is 3. The summed E-state index contributed by atoms with van der Waals surface area (Å²) >= 11 is 0. The molecule has 0 radical (unpaired) electrons. The molecule has 0 aliphatic rings. The van der Waals surface area contributed by atoms with Crippen molar-refractivity contribution in [1.29, 1.82) is 0 Å². The van der Waals surface area contributed by atoms with Gasteiger partial charge in [0.1, 0.15) is 0 Å². The van der Waals surface area contributed by atoms with Crippen LogP contribution in [0.25, 0.3) is 0 Å². The normalized spacial score (nSPS) is 11.8. The molecular formula is C5H17NO2S. The molecule has 0 spiro atoms. The maximum Gasteiger partial charge on any atom is 0.0499 e. The maximum absolute atomic E-state index is 8.66. The maximum atomic E-state index is 8.66. The summed E-state index contributed by atoms with van der Waals surface area (Å²) in [5.74, 6) is 0.378. The summed E-state index contributed by atoms with van der Waals surface area (Å²) in [5, 5.41) is 0. The predicted molar refractivity (Wildman–Crippen MR) is 43.8 cm³/mol.